The molecular weight excluding hydrogens is 1210 g/mol. The third-order valence-electron chi connectivity index (χ3n) is 17.3. The lowest BCUT2D eigenvalue weighted by Gasteiger charge is -2.41. The van der Waals surface area contributed by atoms with Gasteiger partial charge in [0.05, 0.1) is 11.9 Å². The molecule has 0 radical (unpaired) electrons. The standard InChI is InChI=1S/C65H117N11O15S/c1-25-27-29-41(13)54(78)53-58(82)68-45(26-2)60(84)70(17)46(30-28-31-77)61(85)75(22)52(42(14)35-92(24,90)91)57(81)69-50(39(9)10)64(88)71(18)47(32-36(3)4)56(80)66-43(15)55(79)67-44(16)59(83)72(19)48(33-37(5)6)62(86)73(20)49(34-38(7)8)63(87)74(21)51(40(11)12)65(89)76(53)23/h25,27,36-54,77-78H,26,28-35H2,1-24H3,(H,66,80)(H,67,79)(H,68,82)(H,69,81)/b27-25+/t41-,42-,43+,44-,45+,46-,47+,48+,49+,50+,51+,52+,53?,54-/m1/s1. The topological polar surface area (TPSA) is 333 Å². The number of rotatable bonds is 19. The van der Waals surface area contributed by atoms with E-state index in [9.17, 15) is 47.4 Å². The molecule has 14 atom stereocenters. The Kier molecular flexibility index (Phi) is 34.3. The summed E-state index contributed by atoms with van der Waals surface area (Å²) in [5, 5.41) is 33.1. The molecule has 528 valence electrons. The molecule has 0 spiro atoms. The molecule has 1 saturated heterocycles. The number of likely N-dealkylation sites (N-methyl/N-ethyl adjacent to an activating group) is 7. The second-order valence-electron chi connectivity index (χ2n) is 27.5. The number of allylic oxidation sites excluding steroid dienone is 2. The zero-order valence-electron chi connectivity index (χ0n) is 59.7. The van der Waals surface area contributed by atoms with Crippen LogP contribution in [0.25, 0.3) is 0 Å². The van der Waals surface area contributed by atoms with E-state index < -0.39 is 183 Å². The molecule has 92 heavy (non-hydrogen) atoms. The Balaban J connectivity index is 4.57. The van der Waals surface area contributed by atoms with E-state index in [1.165, 1.54) is 84.8 Å². The smallest absolute Gasteiger partial charge is 0.246 e. The van der Waals surface area contributed by atoms with Crippen molar-refractivity contribution in [2.24, 2.45) is 41.4 Å². The van der Waals surface area contributed by atoms with Crippen molar-refractivity contribution in [2.45, 2.75) is 228 Å². The summed E-state index contributed by atoms with van der Waals surface area (Å²) in [4.78, 5) is 171. The number of carbonyl (C=O) groups excluding carboxylic acids is 11. The SMILES string of the molecule is C/C=C/C[C@@H](C)[C@@H](O)C1C(=O)N[C@@H](CC)C(=O)N(C)[C@H](CCCO)C(=O)N(C)[C@@H]([C@H](C)CS(C)(=O)=O)C(=O)N[C@@H](C(C)C)C(=O)N(C)[C@@H](CC(C)C)C(=O)N[C@@H](C)C(=O)N[C@H](C)C(=O)N(C)[C@@H](CC(C)C)C(=O)N(C)[C@@H](CC(C)C)C(=O)N(C)[C@@H](C(C)C)C(=O)N1C. The highest BCUT2D eigenvalue weighted by Gasteiger charge is 2.47. The predicted octanol–water partition coefficient (Wildman–Crippen LogP) is 2.04. The summed E-state index contributed by atoms with van der Waals surface area (Å²) in [5.74, 6) is -13.0. The average Bonchev–Trinajstić information content (AvgIpc) is 0.821. The summed E-state index contributed by atoms with van der Waals surface area (Å²) < 4.78 is 25.9. The molecule has 1 heterocycles. The van der Waals surface area contributed by atoms with Gasteiger partial charge in [0, 0.05) is 62.2 Å². The summed E-state index contributed by atoms with van der Waals surface area (Å²) in [6, 6.07) is -15.2. The van der Waals surface area contributed by atoms with Crippen molar-refractivity contribution in [3.8, 4) is 0 Å². The van der Waals surface area contributed by atoms with E-state index in [-0.39, 0.29) is 62.7 Å². The highest BCUT2D eigenvalue weighted by atomic mass is 32.2. The molecule has 11 amide bonds. The Hall–Kier alpha value is -6.22. The van der Waals surface area contributed by atoms with Gasteiger partial charge in [-0.25, -0.2) is 8.42 Å². The molecule has 1 rings (SSSR count). The molecule has 1 fully saturated rings. The Morgan fingerprint density at radius 1 is 0.489 bits per heavy atom. The maximum atomic E-state index is 15.3. The van der Waals surface area contributed by atoms with Gasteiger partial charge in [0.2, 0.25) is 65.0 Å². The van der Waals surface area contributed by atoms with Crippen LogP contribution in [0.15, 0.2) is 12.2 Å². The number of hydrogen-bond donors (Lipinski definition) is 6. The molecule has 0 aromatic rings. The minimum atomic E-state index is -3.86. The Labute approximate surface area is 549 Å². The van der Waals surface area contributed by atoms with Crippen LogP contribution < -0.4 is 21.3 Å². The first-order valence-electron chi connectivity index (χ1n) is 32.5. The van der Waals surface area contributed by atoms with Crippen LogP contribution in [-0.4, -0.2) is 258 Å². The number of nitrogens with one attached hydrogen (secondary N) is 4. The minimum Gasteiger partial charge on any atom is -0.396 e. The fraction of sp³-hybridized carbons (Fsp3) is 0.800. The predicted molar refractivity (Wildman–Crippen MR) is 353 cm³/mol. The Morgan fingerprint density at radius 3 is 1.37 bits per heavy atom. The minimum absolute atomic E-state index is 0.0511. The molecule has 0 aliphatic carbocycles. The quantitative estimate of drug-likeness (QED) is 0.101. The number of nitrogens with zero attached hydrogens (tertiary/aromatic N) is 7. The van der Waals surface area contributed by atoms with Gasteiger partial charge >= 0.3 is 0 Å². The van der Waals surface area contributed by atoms with Crippen molar-refractivity contribution in [2.75, 3.05) is 67.9 Å². The van der Waals surface area contributed by atoms with Gasteiger partial charge in [-0.05, 0) is 107 Å². The van der Waals surface area contributed by atoms with Gasteiger partial charge in [-0.3, -0.25) is 52.7 Å². The van der Waals surface area contributed by atoms with E-state index in [1.807, 2.05) is 41.5 Å². The number of aliphatic hydroxyl groups is 2. The molecule has 0 bridgehead atoms. The summed E-state index contributed by atoms with van der Waals surface area (Å²) in [6.07, 6.45) is 3.10. The van der Waals surface area contributed by atoms with Crippen LogP contribution in [0.2, 0.25) is 0 Å². The summed E-state index contributed by atoms with van der Waals surface area (Å²) in [7, 11) is 5.59. The second kappa shape index (κ2) is 37.6. The number of carbonyl (C=O) groups is 11. The highest BCUT2D eigenvalue weighted by molar-refractivity contribution is 7.90. The molecule has 1 aliphatic rings. The van der Waals surface area contributed by atoms with Crippen molar-refractivity contribution < 1.29 is 71.4 Å². The van der Waals surface area contributed by atoms with E-state index >= 15 is 24.0 Å². The van der Waals surface area contributed by atoms with Gasteiger partial charge in [-0.15, -0.1) is 0 Å². The first-order chi connectivity index (χ1) is 42.4. The van der Waals surface area contributed by atoms with Crippen LogP contribution in [0.4, 0.5) is 0 Å². The van der Waals surface area contributed by atoms with E-state index in [4.69, 9.17) is 0 Å². The van der Waals surface area contributed by atoms with Crippen LogP contribution in [-0.2, 0) is 62.6 Å². The van der Waals surface area contributed by atoms with Crippen LogP contribution in [0.1, 0.15) is 156 Å². The average molecular weight is 1320 g/mol. The molecule has 1 unspecified atom stereocenters. The third-order valence-corrected chi connectivity index (χ3v) is 18.5. The monoisotopic (exact) mass is 1320 g/mol. The van der Waals surface area contributed by atoms with E-state index in [2.05, 4.69) is 21.3 Å². The first-order valence-corrected chi connectivity index (χ1v) is 34.6. The molecular formula is C65H117N11O15S. The Morgan fingerprint density at radius 2 is 0.913 bits per heavy atom. The number of hydrogen-bond acceptors (Lipinski definition) is 15. The first kappa shape index (κ1) is 83.8. The normalized spacial score (nSPS) is 27.1. The van der Waals surface area contributed by atoms with Crippen molar-refractivity contribution in [3.63, 3.8) is 0 Å². The maximum absolute atomic E-state index is 15.3. The zero-order chi connectivity index (χ0) is 71.5. The molecule has 6 N–H and O–H groups in total. The van der Waals surface area contributed by atoms with Gasteiger partial charge in [-0.1, -0.05) is 102 Å². The van der Waals surface area contributed by atoms with Crippen LogP contribution in [0.3, 0.4) is 0 Å². The fourth-order valence-corrected chi connectivity index (χ4v) is 13.0. The van der Waals surface area contributed by atoms with Crippen LogP contribution in [0.5, 0.6) is 0 Å². The summed E-state index contributed by atoms with van der Waals surface area (Å²) in [5.41, 5.74) is 0. The van der Waals surface area contributed by atoms with Gasteiger partial charge in [0.25, 0.3) is 0 Å². The van der Waals surface area contributed by atoms with Crippen molar-refractivity contribution in [1.82, 2.24) is 55.6 Å². The molecule has 0 aromatic heterocycles. The third kappa shape index (κ3) is 23.4. The summed E-state index contributed by atoms with van der Waals surface area (Å²) >= 11 is 0. The van der Waals surface area contributed by atoms with Crippen LogP contribution in [0, 0.1) is 41.4 Å². The fourth-order valence-electron chi connectivity index (χ4n) is 11.9. The molecule has 0 saturated carbocycles. The lowest BCUT2D eigenvalue weighted by Crippen LogP contribution is -2.64. The maximum Gasteiger partial charge on any atom is 0.246 e. The van der Waals surface area contributed by atoms with Crippen molar-refractivity contribution in [3.05, 3.63) is 12.2 Å². The largest absolute Gasteiger partial charge is 0.396 e. The molecule has 26 nitrogen and oxygen atoms in total. The lowest BCUT2D eigenvalue weighted by molar-refractivity contribution is -0.157. The number of aliphatic hydroxyl groups excluding tert-OH is 2. The number of sulfone groups is 1. The van der Waals surface area contributed by atoms with Gasteiger partial charge in [-0.2, -0.15) is 0 Å². The molecule has 0 aromatic carbocycles. The molecule has 1 aliphatic heterocycles. The van der Waals surface area contributed by atoms with E-state index in [1.54, 1.807) is 60.6 Å². The lowest BCUT2D eigenvalue weighted by atomic mass is 9.91. The van der Waals surface area contributed by atoms with Gasteiger partial charge < -0.3 is 65.8 Å². The van der Waals surface area contributed by atoms with Crippen molar-refractivity contribution in [1.29, 1.82) is 0 Å². The number of amides is 11. The van der Waals surface area contributed by atoms with Gasteiger partial charge in [0.1, 0.15) is 76.3 Å². The van der Waals surface area contributed by atoms with E-state index in [0.717, 1.165) is 25.9 Å². The zero-order valence-corrected chi connectivity index (χ0v) is 60.5. The molecule has 27 heteroatoms. The van der Waals surface area contributed by atoms with Gasteiger partial charge in [0.15, 0.2) is 0 Å². The summed E-state index contributed by atoms with van der Waals surface area (Å²) in [6.45, 7) is 26.5. The highest BCUT2D eigenvalue weighted by Crippen LogP contribution is 2.27. The second-order valence-corrected chi connectivity index (χ2v) is 29.7. The van der Waals surface area contributed by atoms with Crippen molar-refractivity contribution >= 4 is 74.8 Å². The Bertz CT molecular complexity index is 2670. The van der Waals surface area contributed by atoms with E-state index in [0.29, 0.717) is 0 Å². The van der Waals surface area contributed by atoms with Crippen LogP contribution >= 0.6 is 0 Å².